The third-order valence-electron chi connectivity index (χ3n) is 1.20. The van der Waals surface area contributed by atoms with E-state index in [1.54, 1.807) is 0 Å². The monoisotopic (exact) mass is 203 g/mol. The van der Waals surface area contributed by atoms with Crippen LogP contribution in [0.5, 0.6) is 0 Å². The van der Waals surface area contributed by atoms with Crippen LogP contribution in [0.1, 0.15) is 20.8 Å². The second-order valence-electron chi connectivity index (χ2n) is 3.83. The van der Waals surface area contributed by atoms with Crippen LogP contribution in [-0.4, -0.2) is 23.9 Å². The molecule has 0 heterocycles. The van der Waals surface area contributed by atoms with Crippen molar-refractivity contribution in [3.63, 3.8) is 0 Å². The summed E-state index contributed by atoms with van der Waals surface area (Å²) in [7, 11) is 0. The fraction of sp³-hybridized carbons (Fsp3) is 0.600. The van der Waals surface area contributed by atoms with E-state index in [4.69, 9.17) is 9.84 Å². The molecule has 0 rings (SSSR count). The second-order valence-corrected chi connectivity index (χ2v) is 3.83. The zero-order chi connectivity index (χ0) is 11.2. The van der Waals surface area contributed by atoms with Crippen LogP contribution in [0.4, 0.5) is 4.39 Å². The normalized spacial score (nSPS) is 12.5. The minimum Gasteiger partial charge on any atom is -0.474 e. The van der Waals surface area contributed by atoms with E-state index in [0.29, 0.717) is 5.88 Å². The molecule has 0 aliphatic heterocycles. The van der Waals surface area contributed by atoms with Crippen LogP contribution in [0.2, 0.25) is 0 Å². The van der Waals surface area contributed by atoms with Gasteiger partial charge in [-0.1, -0.05) is 0 Å². The van der Waals surface area contributed by atoms with Gasteiger partial charge in [-0.15, -0.1) is 0 Å². The number of ether oxygens (including phenoxy) is 1. The second kappa shape index (κ2) is 5.65. The van der Waals surface area contributed by atoms with E-state index in [2.05, 4.69) is 11.9 Å². The molecule has 0 aromatic rings. The zero-order valence-corrected chi connectivity index (χ0v) is 8.93. The van der Waals surface area contributed by atoms with Crippen LogP contribution in [0, 0.1) is 0 Å². The van der Waals surface area contributed by atoms with Gasteiger partial charge in [0.25, 0.3) is 0 Å². The maximum atomic E-state index is 12.4. The lowest BCUT2D eigenvalue weighted by molar-refractivity contribution is 0.0424. The van der Waals surface area contributed by atoms with Gasteiger partial charge in [0.2, 0.25) is 0 Å². The molecule has 14 heavy (non-hydrogen) atoms. The third kappa shape index (κ3) is 7.61. The standard InChI is InChI=1S/C10H18FNO2/c1-8(14-10(2,3)4)12-6-5-9(11)7-13/h5,12-13H,1,6-7H2,2-4H3/b9-5-. The Hall–Kier alpha value is -1.03. The number of hydrogen-bond acceptors (Lipinski definition) is 3. The molecule has 0 saturated carbocycles. The van der Waals surface area contributed by atoms with Crippen LogP contribution in [-0.2, 0) is 4.74 Å². The van der Waals surface area contributed by atoms with Crippen molar-refractivity contribution < 1.29 is 14.2 Å². The molecular formula is C10H18FNO2. The predicted octanol–water partition coefficient (Wildman–Crippen LogP) is 1.71. The average Bonchev–Trinajstić information content (AvgIpc) is 2.00. The first-order valence-electron chi connectivity index (χ1n) is 4.42. The Morgan fingerprint density at radius 3 is 2.57 bits per heavy atom. The summed E-state index contributed by atoms with van der Waals surface area (Å²) in [4.78, 5) is 0. The van der Waals surface area contributed by atoms with Gasteiger partial charge in [0.15, 0.2) is 5.88 Å². The number of halogens is 1. The Balaban J connectivity index is 3.76. The molecule has 0 amide bonds. The highest BCUT2D eigenvalue weighted by atomic mass is 19.1. The molecule has 0 fully saturated rings. The minimum atomic E-state index is -0.575. The molecule has 0 radical (unpaired) electrons. The molecule has 2 N–H and O–H groups in total. The molecule has 0 aromatic heterocycles. The van der Waals surface area contributed by atoms with Crippen LogP contribution in [0.15, 0.2) is 24.4 Å². The number of hydrogen-bond donors (Lipinski definition) is 2. The van der Waals surface area contributed by atoms with Crippen molar-refractivity contribution in [1.29, 1.82) is 0 Å². The van der Waals surface area contributed by atoms with Crippen LogP contribution < -0.4 is 5.32 Å². The minimum absolute atomic E-state index is 0.251. The van der Waals surface area contributed by atoms with E-state index in [0.717, 1.165) is 0 Å². The fourth-order valence-corrected chi connectivity index (χ4v) is 0.746. The van der Waals surface area contributed by atoms with Crippen molar-refractivity contribution in [2.45, 2.75) is 26.4 Å². The summed E-state index contributed by atoms with van der Waals surface area (Å²) < 4.78 is 17.8. The van der Waals surface area contributed by atoms with E-state index in [1.807, 2.05) is 20.8 Å². The number of rotatable bonds is 5. The molecule has 0 spiro atoms. The first-order valence-corrected chi connectivity index (χ1v) is 4.42. The summed E-state index contributed by atoms with van der Waals surface area (Å²) in [6, 6.07) is 0. The highest BCUT2D eigenvalue weighted by Crippen LogP contribution is 2.09. The van der Waals surface area contributed by atoms with E-state index in [1.165, 1.54) is 6.08 Å². The molecule has 3 nitrogen and oxygen atoms in total. The zero-order valence-electron chi connectivity index (χ0n) is 8.93. The molecule has 0 atom stereocenters. The third-order valence-corrected chi connectivity index (χ3v) is 1.20. The SMILES string of the molecule is C=C(NC/C=C(\F)CO)OC(C)(C)C. The Kier molecular flexibility index (Phi) is 5.23. The maximum absolute atomic E-state index is 12.4. The maximum Gasteiger partial charge on any atom is 0.180 e. The summed E-state index contributed by atoms with van der Waals surface area (Å²) in [6.45, 7) is 8.97. The lowest BCUT2D eigenvalue weighted by Gasteiger charge is -2.22. The molecule has 4 heteroatoms. The van der Waals surface area contributed by atoms with E-state index in [-0.39, 0.29) is 12.1 Å². The molecule has 0 unspecified atom stereocenters. The van der Waals surface area contributed by atoms with Crippen molar-refractivity contribution in [3.8, 4) is 0 Å². The van der Waals surface area contributed by atoms with Gasteiger partial charge in [0.1, 0.15) is 11.4 Å². The predicted molar refractivity (Wildman–Crippen MR) is 54.3 cm³/mol. The van der Waals surface area contributed by atoms with Crippen molar-refractivity contribution in [2.75, 3.05) is 13.2 Å². The summed E-state index contributed by atoms with van der Waals surface area (Å²) in [5.74, 6) is -0.180. The highest BCUT2D eigenvalue weighted by Gasteiger charge is 2.11. The Bertz CT molecular complexity index is 219. The summed E-state index contributed by atoms with van der Waals surface area (Å²) in [5, 5.41) is 11.1. The fourth-order valence-electron chi connectivity index (χ4n) is 0.746. The average molecular weight is 203 g/mol. The highest BCUT2D eigenvalue weighted by molar-refractivity contribution is 4.95. The van der Waals surface area contributed by atoms with Gasteiger partial charge < -0.3 is 15.2 Å². The quantitative estimate of drug-likeness (QED) is 0.668. The van der Waals surface area contributed by atoms with Crippen LogP contribution in [0.3, 0.4) is 0 Å². The van der Waals surface area contributed by atoms with E-state index in [9.17, 15) is 4.39 Å². The van der Waals surface area contributed by atoms with Crippen molar-refractivity contribution in [2.24, 2.45) is 0 Å². The lowest BCUT2D eigenvalue weighted by Crippen LogP contribution is -2.25. The lowest BCUT2D eigenvalue weighted by atomic mass is 10.2. The molecular weight excluding hydrogens is 185 g/mol. The van der Waals surface area contributed by atoms with Gasteiger partial charge in [-0.05, 0) is 33.4 Å². The van der Waals surface area contributed by atoms with Crippen molar-refractivity contribution >= 4 is 0 Å². The number of aliphatic hydroxyl groups excluding tert-OH is 1. The van der Waals surface area contributed by atoms with E-state index < -0.39 is 12.4 Å². The molecule has 82 valence electrons. The van der Waals surface area contributed by atoms with Gasteiger partial charge in [-0.3, -0.25) is 0 Å². The summed E-state index contributed by atoms with van der Waals surface area (Å²) in [6.07, 6.45) is 1.23. The first-order chi connectivity index (χ1) is 6.35. The van der Waals surface area contributed by atoms with Gasteiger partial charge in [-0.2, -0.15) is 0 Å². The molecule has 0 saturated heterocycles. The molecule has 0 bridgehead atoms. The van der Waals surface area contributed by atoms with Gasteiger partial charge >= 0.3 is 0 Å². The van der Waals surface area contributed by atoms with Crippen molar-refractivity contribution in [1.82, 2.24) is 5.32 Å². The number of nitrogens with one attached hydrogen (secondary N) is 1. The van der Waals surface area contributed by atoms with Crippen LogP contribution >= 0.6 is 0 Å². The Morgan fingerprint density at radius 2 is 2.14 bits per heavy atom. The van der Waals surface area contributed by atoms with Gasteiger partial charge in [0.05, 0.1) is 6.61 Å². The molecule has 0 aliphatic carbocycles. The summed E-state index contributed by atoms with van der Waals surface area (Å²) in [5.41, 5.74) is -0.316. The van der Waals surface area contributed by atoms with Gasteiger partial charge in [-0.25, -0.2) is 4.39 Å². The smallest absolute Gasteiger partial charge is 0.180 e. The topological polar surface area (TPSA) is 41.5 Å². The molecule has 0 aromatic carbocycles. The number of aliphatic hydroxyl groups is 1. The largest absolute Gasteiger partial charge is 0.474 e. The van der Waals surface area contributed by atoms with Crippen LogP contribution in [0.25, 0.3) is 0 Å². The Morgan fingerprint density at radius 1 is 1.57 bits per heavy atom. The van der Waals surface area contributed by atoms with Gasteiger partial charge in [0, 0.05) is 6.54 Å². The van der Waals surface area contributed by atoms with E-state index >= 15 is 0 Å². The summed E-state index contributed by atoms with van der Waals surface area (Å²) >= 11 is 0. The molecule has 0 aliphatic rings. The Labute approximate surface area is 84.3 Å². The first kappa shape index (κ1) is 13.0. The van der Waals surface area contributed by atoms with Crippen molar-refractivity contribution in [3.05, 3.63) is 24.4 Å².